The van der Waals surface area contributed by atoms with E-state index in [1.54, 1.807) is 0 Å². The SMILES string of the molecule is CCC(C)C(O)CC(C)Cl. The van der Waals surface area contributed by atoms with Crippen molar-refractivity contribution in [3.63, 3.8) is 0 Å². The molecule has 0 radical (unpaired) electrons. The summed E-state index contributed by atoms with van der Waals surface area (Å²) in [7, 11) is 0. The third-order valence-corrected chi connectivity index (χ3v) is 2.05. The molecule has 0 spiro atoms. The zero-order chi connectivity index (χ0) is 8.15. The second-order valence-electron chi connectivity index (χ2n) is 2.97. The lowest BCUT2D eigenvalue weighted by molar-refractivity contribution is 0.106. The Bertz CT molecular complexity index is 83.3. The van der Waals surface area contributed by atoms with Gasteiger partial charge in [-0.25, -0.2) is 0 Å². The summed E-state index contributed by atoms with van der Waals surface area (Å²) in [5.74, 6) is 0.376. The van der Waals surface area contributed by atoms with E-state index < -0.39 is 0 Å². The molecule has 1 nitrogen and oxygen atoms in total. The van der Waals surface area contributed by atoms with Crippen LogP contribution in [0.2, 0.25) is 0 Å². The molecule has 0 bridgehead atoms. The molecule has 10 heavy (non-hydrogen) atoms. The van der Waals surface area contributed by atoms with E-state index in [9.17, 15) is 5.11 Å². The molecule has 0 heterocycles. The molecular formula is C8H17ClO. The van der Waals surface area contributed by atoms with Crippen LogP contribution in [0.15, 0.2) is 0 Å². The van der Waals surface area contributed by atoms with Gasteiger partial charge in [-0.2, -0.15) is 0 Å². The summed E-state index contributed by atoms with van der Waals surface area (Å²) in [6.45, 7) is 6.03. The number of hydrogen-bond donors (Lipinski definition) is 1. The van der Waals surface area contributed by atoms with Gasteiger partial charge in [0.2, 0.25) is 0 Å². The molecule has 62 valence electrons. The van der Waals surface area contributed by atoms with Crippen molar-refractivity contribution < 1.29 is 5.11 Å². The Balaban J connectivity index is 3.50. The van der Waals surface area contributed by atoms with E-state index in [0.29, 0.717) is 12.3 Å². The molecule has 0 aliphatic carbocycles. The second kappa shape index (κ2) is 4.97. The maximum atomic E-state index is 9.40. The molecule has 0 saturated heterocycles. The molecule has 0 aromatic carbocycles. The predicted molar refractivity (Wildman–Crippen MR) is 45.4 cm³/mol. The van der Waals surface area contributed by atoms with Crippen LogP contribution in [0.1, 0.15) is 33.6 Å². The fraction of sp³-hybridized carbons (Fsp3) is 1.00. The molecule has 2 heteroatoms. The highest BCUT2D eigenvalue weighted by Crippen LogP contribution is 2.14. The fourth-order valence-electron chi connectivity index (χ4n) is 0.837. The molecule has 3 atom stereocenters. The van der Waals surface area contributed by atoms with E-state index in [-0.39, 0.29) is 11.5 Å². The zero-order valence-electron chi connectivity index (χ0n) is 6.97. The highest BCUT2D eigenvalue weighted by molar-refractivity contribution is 6.20. The summed E-state index contributed by atoms with van der Waals surface area (Å²) < 4.78 is 0. The maximum absolute atomic E-state index is 9.40. The van der Waals surface area contributed by atoms with Gasteiger partial charge < -0.3 is 5.11 Å². The predicted octanol–water partition coefficient (Wildman–Crippen LogP) is 2.41. The lowest BCUT2D eigenvalue weighted by Crippen LogP contribution is -2.19. The van der Waals surface area contributed by atoms with E-state index in [1.165, 1.54) is 0 Å². The smallest absolute Gasteiger partial charge is 0.0579 e. The van der Waals surface area contributed by atoms with E-state index in [1.807, 2.05) is 13.8 Å². The van der Waals surface area contributed by atoms with E-state index in [4.69, 9.17) is 11.6 Å². The highest BCUT2D eigenvalue weighted by Gasteiger charge is 2.13. The van der Waals surface area contributed by atoms with Gasteiger partial charge >= 0.3 is 0 Å². The maximum Gasteiger partial charge on any atom is 0.0579 e. The van der Waals surface area contributed by atoms with Crippen LogP contribution in [0.25, 0.3) is 0 Å². The van der Waals surface area contributed by atoms with Gasteiger partial charge in [-0.1, -0.05) is 20.3 Å². The monoisotopic (exact) mass is 164 g/mol. The van der Waals surface area contributed by atoms with Gasteiger partial charge in [-0.05, 0) is 19.3 Å². The second-order valence-corrected chi connectivity index (χ2v) is 3.71. The third-order valence-electron chi connectivity index (χ3n) is 1.87. The molecule has 1 N–H and O–H groups in total. The van der Waals surface area contributed by atoms with Crippen molar-refractivity contribution in [1.82, 2.24) is 0 Å². The Morgan fingerprint density at radius 1 is 1.40 bits per heavy atom. The first-order chi connectivity index (χ1) is 4.57. The number of rotatable bonds is 4. The van der Waals surface area contributed by atoms with Crippen LogP contribution >= 0.6 is 11.6 Å². The average Bonchev–Trinajstić information content (AvgIpc) is 1.85. The van der Waals surface area contributed by atoms with E-state index >= 15 is 0 Å². The Hall–Kier alpha value is 0.250. The van der Waals surface area contributed by atoms with Crippen molar-refractivity contribution in [2.75, 3.05) is 0 Å². The van der Waals surface area contributed by atoms with Gasteiger partial charge in [0.1, 0.15) is 0 Å². The van der Waals surface area contributed by atoms with Crippen LogP contribution in [-0.4, -0.2) is 16.6 Å². The number of aliphatic hydroxyl groups is 1. The van der Waals surface area contributed by atoms with Crippen LogP contribution in [-0.2, 0) is 0 Å². The van der Waals surface area contributed by atoms with Crippen LogP contribution < -0.4 is 0 Å². The van der Waals surface area contributed by atoms with Crippen molar-refractivity contribution in [1.29, 1.82) is 0 Å². The molecule has 0 rings (SSSR count). The molecule has 0 fully saturated rings. The van der Waals surface area contributed by atoms with Crippen LogP contribution in [0.3, 0.4) is 0 Å². The third kappa shape index (κ3) is 4.13. The van der Waals surface area contributed by atoms with Crippen molar-refractivity contribution in [2.24, 2.45) is 5.92 Å². The van der Waals surface area contributed by atoms with Crippen molar-refractivity contribution in [3.8, 4) is 0 Å². The normalized spacial score (nSPS) is 20.1. The van der Waals surface area contributed by atoms with Crippen molar-refractivity contribution in [2.45, 2.75) is 45.1 Å². The molecule has 0 aliphatic heterocycles. The van der Waals surface area contributed by atoms with Crippen LogP contribution in [0.4, 0.5) is 0 Å². The summed E-state index contributed by atoms with van der Waals surface area (Å²) in [4.78, 5) is 0. The lowest BCUT2D eigenvalue weighted by atomic mass is 9.98. The standard InChI is InChI=1S/C8H17ClO/c1-4-6(2)8(10)5-7(3)9/h6-8,10H,4-5H2,1-3H3. The Morgan fingerprint density at radius 2 is 1.90 bits per heavy atom. The summed E-state index contributed by atoms with van der Waals surface area (Å²) >= 11 is 5.71. The largest absolute Gasteiger partial charge is 0.393 e. The first kappa shape index (κ1) is 10.2. The molecule has 0 amide bonds. The van der Waals surface area contributed by atoms with Crippen LogP contribution in [0, 0.1) is 5.92 Å². The quantitative estimate of drug-likeness (QED) is 0.633. The van der Waals surface area contributed by atoms with E-state index in [0.717, 1.165) is 6.42 Å². The molecule has 3 unspecified atom stereocenters. The Kier molecular flexibility index (Phi) is 5.10. The minimum atomic E-state index is -0.225. The van der Waals surface area contributed by atoms with Gasteiger partial charge in [-0.3, -0.25) is 0 Å². The Labute approximate surface area is 68.4 Å². The molecular weight excluding hydrogens is 148 g/mol. The Morgan fingerprint density at radius 3 is 2.20 bits per heavy atom. The van der Waals surface area contributed by atoms with Gasteiger partial charge in [-0.15, -0.1) is 11.6 Å². The first-order valence-electron chi connectivity index (χ1n) is 3.90. The van der Waals surface area contributed by atoms with E-state index in [2.05, 4.69) is 6.92 Å². The van der Waals surface area contributed by atoms with Gasteiger partial charge in [0.25, 0.3) is 0 Å². The van der Waals surface area contributed by atoms with Crippen molar-refractivity contribution >= 4 is 11.6 Å². The molecule has 0 aliphatic rings. The first-order valence-corrected chi connectivity index (χ1v) is 4.33. The summed E-state index contributed by atoms with van der Waals surface area (Å²) in [5.41, 5.74) is 0. The number of hydrogen-bond acceptors (Lipinski definition) is 1. The number of aliphatic hydroxyl groups excluding tert-OH is 1. The number of alkyl halides is 1. The molecule has 0 aromatic rings. The minimum absolute atomic E-state index is 0.0870. The summed E-state index contributed by atoms with van der Waals surface area (Å²) in [6.07, 6.45) is 1.50. The highest BCUT2D eigenvalue weighted by atomic mass is 35.5. The zero-order valence-corrected chi connectivity index (χ0v) is 7.73. The average molecular weight is 165 g/mol. The summed E-state index contributed by atoms with van der Waals surface area (Å²) in [6, 6.07) is 0. The lowest BCUT2D eigenvalue weighted by Gasteiger charge is -2.17. The van der Waals surface area contributed by atoms with Crippen LogP contribution in [0.5, 0.6) is 0 Å². The van der Waals surface area contributed by atoms with Crippen molar-refractivity contribution in [3.05, 3.63) is 0 Å². The van der Waals surface area contributed by atoms with Gasteiger partial charge in [0, 0.05) is 5.38 Å². The fourth-order valence-corrected chi connectivity index (χ4v) is 1.02. The molecule has 0 aromatic heterocycles. The van der Waals surface area contributed by atoms with Gasteiger partial charge in [0.05, 0.1) is 6.10 Å². The minimum Gasteiger partial charge on any atom is -0.393 e. The van der Waals surface area contributed by atoms with Gasteiger partial charge in [0.15, 0.2) is 0 Å². The summed E-state index contributed by atoms with van der Waals surface area (Å²) in [5, 5.41) is 9.49. The number of halogens is 1. The molecule has 0 saturated carbocycles. The topological polar surface area (TPSA) is 20.2 Å².